The molecule has 1 heterocycles. The van der Waals surface area contributed by atoms with Crippen LogP contribution in [-0.4, -0.2) is 16.4 Å². The molecule has 0 saturated carbocycles. The van der Waals surface area contributed by atoms with Gasteiger partial charge in [0.25, 0.3) is 5.91 Å². The number of rotatable bonds is 1. The Balaban J connectivity index is 2.33. The first-order chi connectivity index (χ1) is 7.85. The monoisotopic (exact) mass is 268 g/mol. The van der Waals surface area contributed by atoms with Gasteiger partial charge < -0.3 is 5.32 Å². The predicted octanol–water partition coefficient (Wildman–Crippen LogP) is 3.48. The van der Waals surface area contributed by atoms with Crippen molar-refractivity contribution in [2.75, 3.05) is 0 Å². The number of carbonyl (C=O) groups is 1. The van der Waals surface area contributed by atoms with Crippen LogP contribution >= 0.6 is 22.9 Å². The third-order valence-corrected chi connectivity index (χ3v) is 3.25. The molecule has 5 heteroatoms. The zero-order chi connectivity index (χ0) is 12.6. The molecule has 1 aromatic carbocycles. The molecular formula is C12H13ClN2OS. The standard InChI is InChI=1S/C12H13ClN2OS/c1-12(2,3)15-10(16)7-4-5-9-8(6-7)14-11(13)17-9/h4-6H,1-3H3,(H,15,16). The molecule has 0 spiro atoms. The zero-order valence-electron chi connectivity index (χ0n) is 9.87. The molecule has 3 nitrogen and oxygen atoms in total. The highest BCUT2D eigenvalue weighted by Gasteiger charge is 2.16. The Morgan fingerprint density at radius 2 is 2.12 bits per heavy atom. The molecule has 1 amide bonds. The Morgan fingerprint density at radius 1 is 1.41 bits per heavy atom. The van der Waals surface area contributed by atoms with Crippen LogP contribution in [0.15, 0.2) is 18.2 Å². The van der Waals surface area contributed by atoms with Gasteiger partial charge in [-0.3, -0.25) is 4.79 Å². The van der Waals surface area contributed by atoms with Gasteiger partial charge in [-0.05, 0) is 39.0 Å². The normalized spacial score (nSPS) is 11.8. The number of hydrogen-bond acceptors (Lipinski definition) is 3. The summed E-state index contributed by atoms with van der Waals surface area (Å²) in [6.45, 7) is 5.84. The summed E-state index contributed by atoms with van der Waals surface area (Å²) in [5, 5.41) is 2.91. The number of nitrogens with zero attached hydrogens (tertiary/aromatic N) is 1. The van der Waals surface area contributed by atoms with Crippen molar-refractivity contribution < 1.29 is 4.79 Å². The van der Waals surface area contributed by atoms with E-state index in [0.717, 1.165) is 10.2 Å². The van der Waals surface area contributed by atoms with E-state index in [1.165, 1.54) is 11.3 Å². The molecule has 2 rings (SSSR count). The van der Waals surface area contributed by atoms with E-state index in [9.17, 15) is 4.79 Å². The number of fused-ring (bicyclic) bond motifs is 1. The first kappa shape index (κ1) is 12.3. The van der Waals surface area contributed by atoms with Gasteiger partial charge in [0.1, 0.15) is 0 Å². The molecule has 17 heavy (non-hydrogen) atoms. The lowest BCUT2D eigenvalue weighted by Gasteiger charge is -2.20. The highest BCUT2D eigenvalue weighted by molar-refractivity contribution is 7.22. The predicted molar refractivity (Wildman–Crippen MR) is 71.8 cm³/mol. The van der Waals surface area contributed by atoms with Gasteiger partial charge >= 0.3 is 0 Å². The fourth-order valence-electron chi connectivity index (χ4n) is 1.45. The summed E-state index contributed by atoms with van der Waals surface area (Å²) in [5.41, 5.74) is 1.13. The van der Waals surface area contributed by atoms with Crippen LogP contribution in [0.5, 0.6) is 0 Å². The fourth-order valence-corrected chi connectivity index (χ4v) is 2.46. The lowest BCUT2D eigenvalue weighted by Crippen LogP contribution is -2.40. The molecule has 1 N–H and O–H groups in total. The van der Waals surface area contributed by atoms with Gasteiger partial charge in [0.15, 0.2) is 4.47 Å². The third kappa shape index (κ3) is 2.96. The highest BCUT2D eigenvalue weighted by Crippen LogP contribution is 2.26. The molecule has 0 bridgehead atoms. The third-order valence-electron chi connectivity index (χ3n) is 2.11. The number of benzene rings is 1. The van der Waals surface area contributed by atoms with Crippen LogP contribution in [0.3, 0.4) is 0 Å². The minimum atomic E-state index is -0.244. The van der Waals surface area contributed by atoms with Gasteiger partial charge in [-0.15, -0.1) is 11.3 Å². The first-order valence-electron chi connectivity index (χ1n) is 5.24. The smallest absolute Gasteiger partial charge is 0.251 e. The van der Waals surface area contributed by atoms with E-state index in [1.807, 2.05) is 26.8 Å². The molecular weight excluding hydrogens is 256 g/mol. The largest absolute Gasteiger partial charge is 0.347 e. The number of carbonyl (C=O) groups excluding carboxylic acids is 1. The summed E-state index contributed by atoms with van der Waals surface area (Å²) >= 11 is 7.24. The Kier molecular flexibility index (Phi) is 3.10. The average Bonchev–Trinajstić information content (AvgIpc) is 2.53. The molecule has 0 aliphatic heterocycles. The van der Waals surface area contributed by atoms with Crippen molar-refractivity contribution in [1.29, 1.82) is 0 Å². The van der Waals surface area contributed by atoms with Crippen LogP contribution in [0.1, 0.15) is 31.1 Å². The van der Waals surface area contributed by atoms with E-state index >= 15 is 0 Å². The Labute approximate surface area is 109 Å². The minimum Gasteiger partial charge on any atom is -0.347 e. The average molecular weight is 269 g/mol. The van der Waals surface area contributed by atoms with E-state index in [4.69, 9.17) is 11.6 Å². The molecule has 0 aliphatic rings. The van der Waals surface area contributed by atoms with Crippen LogP contribution in [-0.2, 0) is 0 Å². The molecule has 0 saturated heterocycles. The van der Waals surface area contributed by atoms with Crippen molar-refractivity contribution in [1.82, 2.24) is 10.3 Å². The van der Waals surface area contributed by atoms with Gasteiger partial charge in [0, 0.05) is 11.1 Å². The van der Waals surface area contributed by atoms with Crippen LogP contribution in [0.2, 0.25) is 4.47 Å². The zero-order valence-corrected chi connectivity index (χ0v) is 11.4. The molecule has 1 aromatic heterocycles. The number of amides is 1. The summed E-state index contributed by atoms with van der Waals surface area (Å²) in [5.74, 6) is -0.0940. The Morgan fingerprint density at radius 3 is 2.76 bits per heavy atom. The maximum atomic E-state index is 11.9. The van der Waals surface area contributed by atoms with Crippen LogP contribution in [0, 0.1) is 0 Å². The van der Waals surface area contributed by atoms with Crippen molar-refractivity contribution in [3.63, 3.8) is 0 Å². The molecule has 0 radical (unpaired) electrons. The van der Waals surface area contributed by atoms with E-state index in [-0.39, 0.29) is 11.4 Å². The van der Waals surface area contributed by atoms with Gasteiger partial charge in [0.05, 0.1) is 10.2 Å². The van der Waals surface area contributed by atoms with E-state index < -0.39 is 0 Å². The molecule has 0 fully saturated rings. The second-order valence-electron chi connectivity index (χ2n) is 4.85. The summed E-state index contributed by atoms with van der Waals surface area (Å²) in [6.07, 6.45) is 0. The van der Waals surface area contributed by atoms with Gasteiger partial charge in [-0.2, -0.15) is 0 Å². The van der Waals surface area contributed by atoms with E-state index in [1.54, 1.807) is 12.1 Å². The van der Waals surface area contributed by atoms with Gasteiger partial charge in [-0.25, -0.2) is 4.98 Å². The number of nitrogens with one attached hydrogen (secondary N) is 1. The quantitative estimate of drug-likeness (QED) is 0.860. The van der Waals surface area contributed by atoms with Crippen molar-refractivity contribution in [3.05, 3.63) is 28.2 Å². The topological polar surface area (TPSA) is 42.0 Å². The second kappa shape index (κ2) is 4.27. The number of halogens is 1. The maximum absolute atomic E-state index is 11.9. The SMILES string of the molecule is CC(C)(C)NC(=O)c1ccc2sc(Cl)nc2c1. The fraction of sp³-hybridized carbons (Fsp3) is 0.333. The first-order valence-corrected chi connectivity index (χ1v) is 6.43. The van der Waals surface area contributed by atoms with Crippen LogP contribution < -0.4 is 5.32 Å². The van der Waals surface area contributed by atoms with Crippen LogP contribution in [0.25, 0.3) is 10.2 Å². The minimum absolute atomic E-state index is 0.0940. The maximum Gasteiger partial charge on any atom is 0.251 e. The molecule has 2 aromatic rings. The summed E-state index contributed by atoms with van der Waals surface area (Å²) in [4.78, 5) is 16.1. The van der Waals surface area contributed by atoms with E-state index in [2.05, 4.69) is 10.3 Å². The van der Waals surface area contributed by atoms with Gasteiger partial charge in [0.2, 0.25) is 0 Å². The molecule has 90 valence electrons. The highest BCUT2D eigenvalue weighted by atomic mass is 35.5. The number of thiazole rings is 1. The summed E-state index contributed by atoms with van der Waals surface area (Å²) in [7, 11) is 0. The van der Waals surface area contributed by atoms with Crippen LogP contribution in [0.4, 0.5) is 0 Å². The molecule has 0 unspecified atom stereocenters. The van der Waals surface area contributed by atoms with Crippen molar-refractivity contribution in [2.24, 2.45) is 0 Å². The van der Waals surface area contributed by atoms with Crippen molar-refractivity contribution in [2.45, 2.75) is 26.3 Å². The lowest BCUT2D eigenvalue weighted by atomic mass is 10.1. The van der Waals surface area contributed by atoms with Crippen molar-refractivity contribution in [3.8, 4) is 0 Å². The Bertz CT molecular complexity index is 571. The number of aromatic nitrogens is 1. The Hall–Kier alpha value is -1.13. The molecule has 0 aliphatic carbocycles. The lowest BCUT2D eigenvalue weighted by molar-refractivity contribution is 0.0919. The molecule has 0 atom stereocenters. The summed E-state index contributed by atoms with van der Waals surface area (Å²) in [6, 6.07) is 5.42. The second-order valence-corrected chi connectivity index (χ2v) is 6.47. The summed E-state index contributed by atoms with van der Waals surface area (Å²) < 4.78 is 1.48. The van der Waals surface area contributed by atoms with Gasteiger partial charge in [-0.1, -0.05) is 11.6 Å². The van der Waals surface area contributed by atoms with E-state index in [0.29, 0.717) is 10.0 Å². The number of hydrogen-bond donors (Lipinski definition) is 1. The van der Waals surface area contributed by atoms with Crippen molar-refractivity contribution >= 4 is 39.1 Å².